The van der Waals surface area contributed by atoms with Crippen LogP contribution in [-0.4, -0.2) is 0 Å². The van der Waals surface area contributed by atoms with Crippen molar-refractivity contribution in [3.05, 3.63) is 85.0 Å². The molecule has 0 aliphatic heterocycles. The van der Waals surface area contributed by atoms with Crippen LogP contribution in [0, 0.1) is 0 Å². The summed E-state index contributed by atoms with van der Waals surface area (Å²) in [7, 11) is 0. The summed E-state index contributed by atoms with van der Waals surface area (Å²) in [6, 6.07) is 17.7. The first-order valence-electron chi connectivity index (χ1n) is 8.24. The first-order valence-corrected chi connectivity index (χ1v) is 8.24. The molecular formula is C22H26. The van der Waals surface area contributed by atoms with Gasteiger partial charge in [-0.1, -0.05) is 60.7 Å². The Kier molecular flexibility index (Phi) is 6.70. The van der Waals surface area contributed by atoms with Crippen molar-refractivity contribution in [3.63, 3.8) is 0 Å². The van der Waals surface area contributed by atoms with Gasteiger partial charge in [-0.15, -0.1) is 13.2 Å². The minimum Gasteiger partial charge on any atom is -0.103 e. The minimum absolute atomic E-state index is 1.08. The molecule has 0 aliphatic rings. The van der Waals surface area contributed by atoms with Gasteiger partial charge in [0.25, 0.3) is 0 Å². The molecule has 0 unspecified atom stereocenters. The second-order valence-corrected chi connectivity index (χ2v) is 5.72. The second-order valence-electron chi connectivity index (χ2n) is 5.72. The van der Waals surface area contributed by atoms with E-state index >= 15 is 0 Å². The van der Waals surface area contributed by atoms with E-state index in [9.17, 15) is 0 Å². The standard InChI is InChI=1S/C22H26/c1-3-5-7-12-19-13-11-16-21(18-19)22-17-10-9-15-20(22)14-8-6-4-2/h3-4,9-11,13,15-18H,1-2,5-8,12,14H2. The summed E-state index contributed by atoms with van der Waals surface area (Å²) in [6.45, 7) is 7.61. The molecule has 0 aliphatic carbocycles. The molecule has 0 atom stereocenters. The quantitative estimate of drug-likeness (QED) is 0.372. The van der Waals surface area contributed by atoms with Crippen LogP contribution < -0.4 is 0 Å². The average molecular weight is 290 g/mol. The molecular weight excluding hydrogens is 264 g/mol. The molecule has 0 nitrogen and oxygen atoms in total. The molecule has 114 valence electrons. The fourth-order valence-corrected chi connectivity index (χ4v) is 2.80. The summed E-state index contributed by atoms with van der Waals surface area (Å²) in [5, 5.41) is 0. The van der Waals surface area contributed by atoms with Gasteiger partial charge in [0.15, 0.2) is 0 Å². The van der Waals surface area contributed by atoms with Crippen LogP contribution in [0.5, 0.6) is 0 Å². The third kappa shape index (κ3) is 4.73. The third-order valence-electron chi connectivity index (χ3n) is 3.98. The molecule has 2 aromatic rings. The molecule has 0 fully saturated rings. The summed E-state index contributed by atoms with van der Waals surface area (Å²) in [4.78, 5) is 0. The van der Waals surface area contributed by atoms with Crippen molar-refractivity contribution in [1.29, 1.82) is 0 Å². The Bertz CT molecular complexity index is 607. The van der Waals surface area contributed by atoms with Crippen molar-refractivity contribution < 1.29 is 0 Å². The molecule has 0 spiro atoms. The number of benzene rings is 2. The van der Waals surface area contributed by atoms with E-state index in [1.807, 2.05) is 12.2 Å². The summed E-state index contributed by atoms with van der Waals surface area (Å²) in [5.74, 6) is 0. The van der Waals surface area contributed by atoms with Crippen molar-refractivity contribution in [2.24, 2.45) is 0 Å². The Labute approximate surface area is 135 Å². The van der Waals surface area contributed by atoms with E-state index in [1.165, 1.54) is 35.1 Å². The lowest BCUT2D eigenvalue weighted by molar-refractivity contribution is 0.842. The topological polar surface area (TPSA) is 0 Å². The molecule has 0 saturated heterocycles. The van der Waals surface area contributed by atoms with Crippen LogP contribution in [0.25, 0.3) is 11.1 Å². The van der Waals surface area contributed by atoms with Crippen LogP contribution in [0.1, 0.15) is 36.8 Å². The van der Waals surface area contributed by atoms with Crippen molar-refractivity contribution in [1.82, 2.24) is 0 Å². The highest BCUT2D eigenvalue weighted by molar-refractivity contribution is 5.68. The Balaban J connectivity index is 2.18. The maximum Gasteiger partial charge on any atom is -0.0152 e. The van der Waals surface area contributed by atoms with E-state index < -0.39 is 0 Å². The summed E-state index contributed by atoms with van der Waals surface area (Å²) < 4.78 is 0. The molecule has 2 rings (SSSR count). The van der Waals surface area contributed by atoms with Crippen LogP contribution in [0.2, 0.25) is 0 Å². The molecule has 0 saturated carbocycles. The lowest BCUT2D eigenvalue weighted by Crippen LogP contribution is -1.92. The van der Waals surface area contributed by atoms with E-state index in [2.05, 4.69) is 61.7 Å². The highest BCUT2D eigenvalue weighted by Crippen LogP contribution is 2.26. The highest BCUT2D eigenvalue weighted by Gasteiger charge is 2.05. The fourth-order valence-electron chi connectivity index (χ4n) is 2.80. The molecule has 0 heterocycles. The number of allylic oxidation sites excluding steroid dienone is 2. The molecule has 0 heteroatoms. The van der Waals surface area contributed by atoms with Gasteiger partial charge in [0.05, 0.1) is 0 Å². The van der Waals surface area contributed by atoms with Gasteiger partial charge in [-0.05, 0) is 60.8 Å². The summed E-state index contributed by atoms with van der Waals surface area (Å²) in [6.07, 6.45) is 10.7. The van der Waals surface area contributed by atoms with E-state index in [1.54, 1.807) is 0 Å². The van der Waals surface area contributed by atoms with Gasteiger partial charge < -0.3 is 0 Å². The number of hydrogen-bond donors (Lipinski definition) is 0. The Morgan fingerprint density at radius 1 is 0.773 bits per heavy atom. The molecule has 2 aromatic carbocycles. The van der Waals surface area contributed by atoms with Crippen LogP contribution >= 0.6 is 0 Å². The van der Waals surface area contributed by atoms with Gasteiger partial charge in [-0.25, -0.2) is 0 Å². The number of aryl methyl sites for hydroxylation is 2. The monoisotopic (exact) mass is 290 g/mol. The lowest BCUT2D eigenvalue weighted by atomic mass is 9.94. The van der Waals surface area contributed by atoms with Crippen molar-refractivity contribution >= 4 is 0 Å². The first kappa shape index (κ1) is 16.3. The molecule has 0 aromatic heterocycles. The first-order chi connectivity index (χ1) is 10.8. The SMILES string of the molecule is C=CCCCc1cccc(-c2ccccc2CCCC=C)c1. The van der Waals surface area contributed by atoms with Gasteiger partial charge >= 0.3 is 0 Å². The predicted octanol–water partition coefficient (Wildman–Crippen LogP) is 6.37. The van der Waals surface area contributed by atoms with Gasteiger partial charge in [0, 0.05) is 0 Å². The molecule has 0 bridgehead atoms. The maximum absolute atomic E-state index is 3.81. The van der Waals surface area contributed by atoms with Gasteiger partial charge in [0.1, 0.15) is 0 Å². The molecule has 0 amide bonds. The van der Waals surface area contributed by atoms with Gasteiger partial charge in [-0.2, -0.15) is 0 Å². The van der Waals surface area contributed by atoms with Gasteiger partial charge in [-0.3, -0.25) is 0 Å². The number of unbranched alkanes of at least 4 members (excludes halogenated alkanes) is 2. The average Bonchev–Trinajstić information content (AvgIpc) is 2.56. The summed E-state index contributed by atoms with van der Waals surface area (Å²) >= 11 is 0. The molecule has 0 N–H and O–H groups in total. The van der Waals surface area contributed by atoms with E-state index in [-0.39, 0.29) is 0 Å². The predicted molar refractivity (Wildman–Crippen MR) is 98.1 cm³/mol. The van der Waals surface area contributed by atoms with Gasteiger partial charge in [0.2, 0.25) is 0 Å². The zero-order valence-corrected chi connectivity index (χ0v) is 13.4. The highest BCUT2D eigenvalue weighted by atomic mass is 14.1. The zero-order chi connectivity index (χ0) is 15.6. The molecule has 0 radical (unpaired) electrons. The van der Waals surface area contributed by atoms with Crippen LogP contribution in [-0.2, 0) is 12.8 Å². The van der Waals surface area contributed by atoms with Crippen LogP contribution in [0.4, 0.5) is 0 Å². The van der Waals surface area contributed by atoms with E-state index in [0.717, 1.165) is 25.7 Å². The van der Waals surface area contributed by atoms with Crippen molar-refractivity contribution in [3.8, 4) is 11.1 Å². The van der Waals surface area contributed by atoms with E-state index in [4.69, 9.17) is 0 Å². The normalized spacial score (nSPS) is 10.4. The smallest absolute Gasteiger partial charge is 0.0152 e. The Morgan fingerprint density at radius 3 is 2.27 bits per heavy atom. The minimum atomic E-state index is 1.08. The zero-order valence-electron chi connectivity index (χ0n) is 13.4. The van der Waals surface area contributed by atoms with Crippen LogP contribution in [0.3, 0.4) is 0 Å². The van der Waals surface area contributed by atoms with E-state index in [0.29, 0.717) is 0 Å². The number of hydrogen-bond acceptors (Lipinski definition) is 0. The third-order valence-corrected chi connectivity index (χ3v) is 3.98. The Morgan fingerprint density at radius 2 is 1.50 bits per heavy atom. The number of rotatable bonds is 9. The lowest BCUT2D eigenvalue weighted by Gasteiger charge is -2.11. The van der Waals surface area contributed by atoms with Crippen LogP contribution in [0.15, 0.2) is 73.8 Å². The summed E-state index contributed by atoms with van der Waals surface area (Å²) in [5.41, 5.74) is 5.57. The van der Waals surface area contributed by atoms with Crippen molar-refractivity contribution in [2.75, 3.05) is 0 Å². The second kappa shape index (κ2) is 9.04. The van der Waals surface area contributed by atoms with Crippen molar-refractivity contribution in [2.45, 2.75) is 38.5 Å². The largest absolute Gasteiger partial charge is 0.103 e. The Hall–Kier alpha value is -2.08. The molecule has 22 heavy (non-hydrogen) atoms. The fraction of sp³-hybridized carbons (Fsp3) is 0.273. The maximum atomic E-state index is 3.81.